The molecule has 1 amide bonds. The fourth-order valence-electron chi connectivity index (χ4n) is 2.69. The van der Waals surface area contributed by atoms with Gasteiger partial charge in [0.05, 0.1) is 6.20 Å². The number of carbonyl (C=O) groups excluding carboxylic acids is 1. The maximum Gasteiger partial charge on any atom is 0.255 e. The highest BCUT2D eigenvalue weighted by Gasteiger charge is 2.31. The fourth-order valence-corrected chi connectivity index (χ4v) is 2.82. The molecule has 21 heavy (non-hydrogen) atoms. The van der Waals surface area contributed by atoms with Gasteiger partial charge in [-0.3, -0.25) is 4.79 Å². The van der Waals surface area contributed by atoms with Crippen molar-refractivity contribution in [3.63, 3.8) is 0 Å². The Morgan fingerprint density at radius 2 is 2.10 bits per heavy atom. The maximum atomic E-state index is 12.5. The summed E-state index contributed by atoms with van der Waals surface area (Å²) < 4.78 is 0. The lowest BCUT2D eigenvalue weighted by Crippen LogP contribution is -2.37. The van der Waals surface area contributed by atoms with Crippen molar-refractivity contribution in [2.75, 3.05) is 23.4 Å². The lowest BCUT2D eigenvalue weighted by molar-refractivity contribution is -0.114. The number of anilines is 2. The molecule has 114 valence electrons. The molecule has 0 N–H and O–H groups in total. The van der Waals surface area contributed by atoms with E-state index in [-0.39, 0.29) is 11.2 Å². The summed E-state index contributed by atoms with van der Waals surface area (Å²) >= 11 is 5.97. The predicted molar refractivity (Wildman–Crippen MR) is 85.9 cm³/mol. The molecule has 1 aliphatic rings. The van der Waals surface area contributed by atoms with E-state index in [9.17, 15) is 4.79 Å². The van der Waals surface area contributed by atoms with Gasteiger partial charge >= 0.3 is 0 Å². The Morgan fingerprint density at radius 3 is 2.67 bits per heavy atom. The van der Waals surface area contributed by atoms with E-state index in [0.717, 1.165) is 24.2 Å². The Labute approximate surface area is 130 Å². The molecule has 0 fully saturated rings. The molecule has 0 aromatic carbocycles. The molecule has 0 saturated heterocycles. The normalized spacial score (nSPS) is 17.4. The third-order valence-electron chi connectivity index (χ3n) is 4.01. The van der Waals surface area contributed by atoms with Crippen LogP contribution >= 0.6 is 11.6 Å². The Hall–Kier alpha value is -1.62. The SMILES string of the molecule is C/C=C1\CN(C(CC)CC)c2nc(Cl)ncc2N(C)C1=O. The average Bonchev–Trinajstić information content (AvgIpc) is 2.59. The number of fused-ring (bicyclic) bond motifs is 1. The van der Waals surface area contributed by atoms with Crippen molar-refractivity contribution in [2.45, 2.75) is 39.7 Å². The van der Waals surface area contributed by atoms with E-state index in [2.05, 4.69) is 28.7 Å². The van der Waals surface area contributed by atoms with Crippen molar-refractivity contribution in [1.82, 2.24) is 9.97 Å². The summed E-state index contributed by atoms with van der Waals surface area (Å²) in [6, 6.07) is 0.309. The van der Waals surface area contributed by atoms with Crippen molar-refractivity contribution >= 4 is 29.0 Å². The van der Waals surface area contributed by atoms with Gasteiger partial charge < -0.3 is 9.80 Å². The lowest BCUT2D eigenvalue weighted by Gasteiger charge is -2.31. The minimum atomic E-state index is -0.0156. The van der Waals surface area contributed by atoms with Crippen LogP contribution < -0.4 is 9.80 Å². The predicted octanol–water partition coefficient (Wildman–Crippen LogP) is 3.05. The van der Waals surface area contributed by atoms with E-state index in [0.29, 0.717) is 18.3 Å². The van der Waals surface area contributed by atoms with Crippen molar-refractivity contribution in [2.24, 2.45) is 0 Å². The Morgan fingerprint density at radius 1 is 1.43 bits per heavy atom. The number of carbonyl (C=O) groups is 1. The molecular weight excluding hydrogens is 288 g/mol. The number of nitrogens with zero attached hydrogens (tertiary/aromatic N) is 4. The van der Waals surface area contributed by atoms with Gasteiger partial charge in [0.1, 0.15) is 5.69 Å². The third kappa shape index (κ3) is 2.88. The molecule has 6 heteroatoms. The van der Waals surface area contributed by atoms with E-state index < -0.39 is 0 Å². The maximum absolute atomic E-state index is 12.5. The fraction of sp³-hybridized carbons (Fsp3) is 0.533. The van der Waals surface area contributed by atoms with Gasteiger partial charge in [-0.1, -0.05) is 19.9 Å². The van der Waals surface area contributed by atoms with Crippen LogP contribution in [0, 0.1) is 0 Å². The molecule has 0 atom stereocenters. The molecule has 0 bridgehead atoms. The number of hydrogen-bond acceptors (Lipinski definition) is 4. The van der Waals surface area contributed by atoms with Crippen LogP contribution in [0.15, 0.2) is 17.8 Å². The number of rotatable bonds is 3. The summed E-state index contributed by atoms with van der Waals surface area (Å²) in [6.45, 7) is 6.72. The van der Waals surface area contributed by atoms with E-state index in [1.54, 1.807) is 18.1 Å². The first kappa shape index (κ1) is 15.8. The second kappa shape index (κ2) is 6.43. The topological polar surface area (TPSA) is 49.3 Å². The van der Waals surface area contributed by atoms with Crippen LogP contribution in [-0.2, 0) is 4.79 Å². The lowest BCUT2D eigenvalue weighted by atomic mass is 10.1. The highest BCUT2D eigenvalue weighted by Crippen LogP contribution is 2.34. The molecule has 2 heterocycles. The van der Waals surface area contributed by atoms with Gasteiger partial charge in [0.2, 0.25) is 5.28 Å². The van der Waals surface area contributed by atoms with Gasteiger partial charge in [0.15, 0.2) is 5.82 Å². The molecule has 0 radical (unpaired) electrons. The second-order valence-corrected chi connectivity index (χ2v) is 5.46. The summed E-state index contributed by atoms with van der Waals surface area (Å²) in [6.07, 6.45) is 5.45. The number of hydrogen-bond donors (Lipinski definition) is 0. The van der Waals surface area contributed by atoms with E-state index in [1.807, 2.05) is 13.0 Å². The highest BCUT2D eigenvalue weighted by atomic mass is 35.5. The van der Waals surface area contributed by atoms with Crippen molar-refractivity contribution in [3.05, 3.63) is 23.1 Å². The van der Waals surface area contributed by atoms with E-state index >= 15 is 0 Å². The van der Waals surface area contributed by atoms with Crippen LogP contribution in [0.3, 0.4) is 0 Å². The summed E-state index contributed by atoms with van der Waals surface area (Å²) in [4.78, 5) is 24.7. The highest BCUT2D eigenvalue weighted by molar-refractivity contribution is 6.28. The van der Waals surface area contributed by atoms with E-state index in [4.69, 9.17) is 11.6 Å². The molecule has 0 aliphatic carbocycles. The van der Waals surface area contributed by atoms with Crippen LogP contribution in [0.4, 0.5) is 11.5 Å². The second-order valence-electron chi connectivity index (χ2n) is 5.12. The van der Waals surface area contributed by atoms with Gasteiger partial charge in [-0.2, -0.15) is 4.98 Å². The first-order valence-electron chi connectivity index (χ1n) is 7.25. The average molecular weight is 309 g/mol. The molecule has 0 unspecified atom stereocenters. The molecular formula is C15H21ClN4O. The number of aromatic nitrogens is 2. The van der Waals surface area contributed by atoms with Crippen LogP contribution in [0.1, 0.15) is 33.6 Å². The molecule has 0 spiro atoms. The minimum Gasteiger partial charge on any atom is -0.347 e. The molecule has 1 aromatic heterocycles. The van der Waals surface area contributed by atoms with E-state index in [1.165, 1.54) is 0 Å². The van der Waals surface area contributed by atoms with Gasteiger partial charge in [0, 0.05) is 25.2 Å². The summed E-state index contributed by atoms with van der Waals surface area (Å²) in [5.41, 5.74) is 1.46. The van der Waals surface area contributed by atoms with Crippen molar-refractivity contribution in [3.8, 4) is 0 Å². The summed E-state index contributed by atoms with van der Waals surface area (Å²) in [5, 5.41) is 0.203. The summed E-state index contributed by atoms with van der Waals surface area (Å²) in [7, 11) is 1.75. The van der Waals surface area contributed by atoms with Crippen molar-refractivity contribution in [1.29, 1.82) is 0 Å². The number of likely N-dealkylation sites (N-methyl/N-ethyl adjacent to an activating group) is 1. The smallest absolute Gasteiger partial charge is 0.255 e. The van der Waals surface area contributed by atoms with Gasteiger partial charge in [-0.05, 0) is 31.4 Å². The summed E-state index contributed by atoms with van der Waals surface area (Å²) in [5.74, 6) is 0.717. The zero-order valence-electron chi connectivity index (χ0n) is 12.9. The van der Waals surface area contributed by atoms with Gasteiger partial charge in [-0.25, -0.2) is 4.98 Å². The van der Waals surface area contributed by atoms with Crippen LogP contribution in [-0.4, -0.2) is 35.5 Å². The molecule has 1 aliphatic heterocycles. The quantitative estimate of drug-likeness (QED) is 0.636. The molecule has 0 saturated carbocycles. The monoisotopic (exact) mass is 308 g/mol. The van der Waals surface area contributed by atoms with Crippen LogP contribution in [0.5, 0.6) is 0 Å². The first-order valence-corrected chi connectivity index (χ1v) is 7.63. The van der Waals surface area contributed by atoms with Gasteiger partial charge in [0.25, 0.3) is 5.91 Å². The number of halogens is 1. The number of amides is 1. The number of allylic oxidation sites excluding steroid dienone is 1. The zero-order valence-corrected chi connectivity index (χ0v) is 13.7. The molecule has 5 nitrogen and oxygen atoms in total. The standard InChI is InChI=1S/C15H21ClN4O/c1-5-10-9-20(11(6-2)7-3)13-12(19(4)14(10)21)8-17-15(16)18-13/h5,8,11H,6-7,9H2,1-4H3/b10-5+. The third-order valence-corrected chi connectivity index (χ3v) is 4.19. The zero-order chi connectivity index (χ0) is 15.6. The Bertz CT molecular complexity index is 569. The Balaban J connectivity index is 2.61. The van der Waals surface area contributed by atoms with Crippen molar-refractivity contribution < 1.29 is 4.79 Å². The first-order chi connectivity index (χ1) is 10.0. The molecule has 2 rings (SSSR count). The molecule has 1 aromatic rings. The minimum absolute atomic E-state index is 0.0156. The van der Waals surface area contributed by atoms with Crippen LogP contribution in [0.2, 0.25) is 5.28 Å². The largest absolute Gasteiger partial charge is 0.347 e. The van der Waals surface area contributed by atoms with Gasteiger partial charge in [-0.15, -0.1) is 0 Å². The Kier molecular flexibility index (Phi) is 4.83. The van der Waals surface area contributed by atoms with Crippen LogP contribution in [0.25, 0.3) is 0 Å².